The molecule has 0 saturated carbocycles. The molecule has 2 rings (SSSR count). The van der Waals surface area contributed by atoms with Crippen LogP contribution in [0.25, 0.3) is 0 Å². The van der Waals surface area contributed by atoms with Crippen LogP contribution in [0.5, 0.6) is 0 Å². The summed E-state index contributed by atoms with van der Waals surface area (Å²) in [7, 11) is 2.19. The van der Waals surface area contributed by atoms with Gasteiger partial charge in [-0.1, -0.05) is 6.92 Å². The maximum absolute atomic E-state index is 4.61. The standard InChI is InChI=1S/C13H19Br2N3/c1-3-16-7-9-4-5-18(2)13(9)12-11(15)6-10(14)8-17-12/h6,8-9,13,16H,3-5,7H2,1-2H3. The van der Waals surface area contributed by atoms with Crippen LogP contribution in [-0.2, 0) is 0 Å². The Morgan fingerprint density at radius 1 is 1.50 bits per heavy atom. The summed E-state index contributed by atoms with van der Waals surface area (Å²) in [5, 5.41) is 3.46. The van der Waals surface area contributed by atoms with E-state index < -0.39 is 0 Å². The van der Waals surface area contributed by atoms with E-state index in [1.54, 1.807) is 0 Å². The molecule has 2 unspecified atom stereocenters. The van der Waals surface area contributed by atoms with Crippen molar-refractivity contribution in [1.82, 2.24) is 15.2 Å². The third-order valence-corrected chi connectivity index (χ3v) is 4.62. The summed E-state index contributed by atoms with van der Waals surface area (Å²) in [6.45, 7) is 5.39. The average Bonchev–Trinajstić information content (AvgIpc) is 2.68. The van der Waals surface area contributed by atoms with Crippen molar-refractivity contribution >= 4 is 31.9 Å². The van der Waals surface area contributed by atoms with Crippen molar-refractivity contribution < 1.29 is 0 Å². The summed E-state index contributed by atoms with van der Waals surface area (Å²) in [4.78, 5) is 7.01. The largest absolute Gasteiger partial charge is 0.317 e. The maximum atomic E-state index is 4.61. The molecular formula is C13H19Br2N3. The highest BCUT2D eigenvalue weighted by Crippen LogP contribution is 2.38. The van der Waals surface area contributed by atoms with Gasteiger partial charge in [-0.05, 0) is 76.9 Å². The SMILES string of the molecule is CCNCC1CCN(C)C1c1ncc(Br)cc1Br. The summed E-state index contributed by atoms with van der Waals surface area (Å²) in [5.74, 6) is 0.639. The third-order valence-electron chi connectivity index (χ3n) is 3.55. The molecule has 1 aromatic heterocycles. The highest BCUT2D eigenvalue weighted by atomic mass is 79.9. The summed E-state index contributed by atoms with van der Waals surface area (Å²) in [6.07, 6.45) is 3.12. The highest BCUT2D eigenvalue weighted by molar-refractivity contribution is 9.11. The second-order valence-corrected chi connectivity index (χ2v) is 6.57. The molecule has 1 aromatic rings. The van der Waals surface area contributed by atoms with Gasteiger partial charge in [0, 0.05) is 15.1 Å². The summed E-state index contributed by atoms with van der Waals surface area (Å²) < 4.78 is 2.11. The Morgan fingerprint density at radius 2 is 2.28 bits per heavy atom. The Hall–Kier alpha value is 0.0300. The van der Waals surface area contributed by atoms with E-state index in [1.165, 1.54) is 6.42 Å². The minimum Gasteiger partial charge on any atom is -0.317 e. The Bertz CT molecular complexity index is 411. The fourth-order valence-electron chi connectivity index (χ4n) is 2.64. The van der Waals surface area contributed by atoms with E-state index in [-0.39, 0.29) is 0 Å². The van der Waals surface area contributed by atoms with E-state index in [4.69, 9.17) is 0 Å². The van der Waals surface area contributed by atoms with Gasteiger partial charge in [-0.3, -0.25) is 9.88 Å². The van der Waals surface area contributed by atoms with Crippen molar-refractivity contribution in [2.75, 3.05) is 26.7 Å². The van der Waals surface area contributed by atoms with Crippen molar-refractivity contribution in [2.24, 2.45) is 5.92 Å². The normalized spacial score (nSPS) is 24.7. The van der Waals surface area contributed by atoms with Gasteiger partial charge in [0.2, 0.25) is 0 Å². The van der Waals surface area contributed by atoms with Crippen molar-refractivity contribution in [3.63, 3.8) is 0 Å². The fraction of sp³-hybridized carbons (Fsp3) is 0.615. The second kappa shape index (κ2) is 6.46. The Labute approximate surface area is 126 Å². The molecule has 2 atom stereocenters. The van der Waals surface area contributed by atoms with E-state index >= 15 is 0 Å². The molecule has 1 aliphatic rings. The number of pyridine rings is 1. The maximum Gasteiger partial charge on any atom is 0.0721 e. The molecule has 5 heteroatoms. The van der Waals surface area contributed by atoms with E-state index in [9.17, 15) is 0 Å². The topological polar surface area (TPSA) is 28.2 Å². The molecule has 1 fully saturated rings. The fourth-order valence-corrected chi connectivity index (χ4v) is 3.87. The lowest BCUT2D eigenvalue weighted by molar-refractivity contribution is 0.266. The average molecular weight is 377 g/mol. The van der Waals surface area contributed by atoms with Gasteiger partial charge in [0.05, 0.1) is 11.7 Å². The number of rotatable bonds is 4. The van der Waals surface area contributed by atoms with Crippen LogP contribution < -0.4 is 5.32 Å². The first-order valence-corrected chi connectivity index (χ1v) is 7.94. The molecule has 100 valence electrons. The Morgan fingerprint density at radius 3 is 2.94 bits per heavy atom. The molecule has 0 amide bonds. The van der Waals surface area contributed by atoms with Crippen LogP contribution in [0.4, 0.5) is 0 Å². The summed E-state index contributed by atoms with van der Waals surface area (Å²) in [5.41, 5.74) is 1.15. The number of likely N-dealkylation sites (tertiary alicyclic amines) is 1. The Kier molecular flexibility index (Phi) is 5.18. The predicted octanol–water partition coefficient (Wildman–Crippen LogP) is 3.21. The van der Waals surface area contributed by atoms with Crippen LogP contribution in [-0.4, -0.2) is 36.6 Å². The monoisotopic (exact) mass is 375 g/mol. The number of hydrogen-bond donors (Lipinski definition) is 1. The van der Waals surface area contributed by atoms with Gasteiger partial charge in [-0.25, -0.2) is 0 Å². The van der Waals surface area contributed by atoms with Crippen LogP contribution >= 0.6 is 31.9 Å². The lowest BCUT2D eigenvalue weighted by Crippen LogP contribution is -2.29. The van der Waals surface area contributed by atoms with Crippen molar-refractivity contribution in [3.8, 4) is 0 Å². The summed E-state index contributed by atoms with van der Waals surface area (Å²) in [6, 6.07) is 2.49. The molecule has 0 aromatic carbocycles. The van der Waals surface area contributed by atoms with E-state index in [0.717, 1.165) is 34.3 Å². The first-order valence-electron chi connectivity index (χ1n) is 6.35. The second-order valence-electron chi connectivity index (χ2n) is 4.80. The van der Waals surface area contributed by atoms with E-state index in [0.29, 0.717) is 12.0 Å². The van der Waals surface area contributed by atoms with Gasteiger partial charge in [0.15, 0.2) is 0 Å². The quantitative estimate of drug-likeness (QED) is 0.874. The van der Waals surface area contributed by atoms with Crippen LogP contribution in [0.1, 0.15) is 25.1 Å². The van der Waals surface area contributed by atoms with Gasteiger partial charge in [0.1, 0.15) is 0 Å². The molecular weight excluding hydrogens is 358 g/mol. The number of hydrogen-bond acceptors (Lipinski definition) is 3. The lowest BCUT2D eigenvalue weighted by atomic mass is 9.97. The number of aromatic nitrogens is 1. The molecule has 1 aliphatic heterocycles. The first-order chi connectivity index (χ1) is 8.63. The number of nitrogens with zero attached hydrogens (tertiary/aromatic N) is 2. The molecule has 0 spiro atoms. The molecule has 3 nitrogen and oxygen atoms in total. The third kappa shape index (κ3) is 3.13. The van der Waals surface area contributed by atoms with Crippen LogP contribution in [0.2, 0.25) is 0 Å². The zero-order valence-corrected chi connectivity index (χ0v) is 14.0. The van der Waals surface area contributed by atoms with E-state index in [1.807, 2.05) is 6.20 Å². The first kappa shape index (κ1) is 14.4. The molecule has 1 saturated heterocycles. The Balaban J connectivity index is 2.22. The van der Waals surface area contributed by atoms with Gasteiger partial charge < -0.3 is 5.32 Å². The van der Waals surface area contributed by atoms with E-state index in [2.05, 4.69) is 67.1 Å². The predicted molar refractivity (Wildman–Crippen MR) is 81.7 cm³/mol. The molecule has 0 radical (unpaired) electrons. The van der Waals surface area contributed by atoms with Crippen molar-refractivity contribution in [2.45, 2.75) is 19.4 Å². The van der Waals surface area contributed by atoms with Gasteiger partial charge in [-0.2, -0.15) is 0 Å². The van der Waals surface area contributed by atoms with Gasteiger partial charge in [0.25, 0.3) is 0 Å². The van der Waals surface area contributed by atoms with Crippen molar-refractivity contribution in [1.29, 1.82) is 0 Å². The van der Waals surface area contributed by atoms with Crippen molar-refractivity contribution in [3.05, 3.63) is 26.9 Å². The van der Waals surface area contributed by atoms with Crippen LogP contribution in [0.3, 0.4) is 0 Å². The smallest absolute Gasteiger partial charge is 0.0721 e. The lowest BCUT2D eigenvalue weighted by Gasteiger charge is -2.25. The highest BCUT2D eigenvalue weighted by Gasteiger charge is 2.34. The zero-order chi connectivity index (χ0) is 13.1. The van der Waals surface area contributed by atoms with Crippen LogP contribution in [0, 0.1) is 5.92 Å². The zero-order valence-electron chi connectivity index (χ0n) is 10.8. The van der Waals surface area contributed by atoms with Crippen LogP contribution in [0.15, 0.2) is 21.2 Å². The van der Waals surface area contributed by atoms with Gasteiger partial charge >= 0.3 is 0 Å². The molecule has 1 N–H and O–H groups in total. The minimum atomic E-state index is 0.409. The number of nitrogens with one attached hydrogen (secondary N) is 1. The minimum absolute atomic E-state index is 0.409. The summed E-state index contributed by atoms with van der Waals surface area (Å²) >= 11 is 7.10. The molecule has 0 bridgehead atoms. The molecule has 18 heavy (non-hydrogen) atoms. The molecule has 2 heterocycles. The van der Waals surface area contributed by atoms with Gasteiger partial charge in [-0.15, -0.1) is 0 Å². The molecule has 0 aliphatic carbocycles. The number of halogens is 2.